The van der Waals surface area contributed by atoms with Crippen LogP contribution in [0.5, 0.6) is 5.75 Å². The van der Waals surface area contributed by atoms with Crippen molar-refractivity contribution in [2.45, 2.75) is 39.1 Å². The Bertz CT molecular complexity index is 651. The Kier molecular flexibility index (Phi) is 11.0. The van der Waals surface area contributed by atoms with Crippen LogP contribution in [-0.2, 0) is 17.5 Å². The second-order valence-electron chi connectivity index (χ2n) is 6.92. The number of hydrogen-bond donors (Lipinski definition) is 2. The number of nitrogens with one attached hydrogen (secondary N) is 1. The summed E-state index contributed by atoms with van der Waals surface area (Å²) in [6.45, 7) is 8.23. The number of nitrogens with zero attached hydrogens (tertiary/aromatic N) is 2. The SMILES string of the molecule is CC(C)Oc1ccc(CN=C(N)NCCCN2CCOCC2)c(C(F)(F)F)c1.I. The van der Waals surface area contributed by atoms with E-state index in [1.807, 2.05) is 0 Å². The number of guanidine groups is 1. The fourth-order valence-corrected chi connectivity index (χ4v) is 2.87. The van der Waals surface area contributed by atoms with E-state index in [0.717, 1.165) is 45.3 Å². The van der Waals surface area contributed by atoms with Gasteiger partial charge in [0.05, 0.1) is 31.4 Å². The zero-order chi connectivity index (χ0) is 20.6. The molecule has 1 fully saturated rings. The van der Waals surface area contributed by atoms with Crippen molar-refractivity contribution < 1.29 is 22.6 Å². The molecule has 2 rings (SSSR count). The molecule has 6 nitrogen and oxygen atoms in total. The van der Waals surface area contributed by atoms with Gasteiger partial charge >= 0.3 is 6.18 Å². The summed E-state index contributed by atoms with van der Waals surface area (Å²) in [5.41, 5.74) is 5.10. The first-order valence-electron chi connectivity index (χ1n) is 9.46. The van der Waals surface area contributed by atoms with Crippen LogP contribution in [0.1, 0.15) is 31.4 Å². The van der Waals surface area contributed by atoms with Crippen LogP contribution in [0.25, 0.3) is 0 Å². The van der Waals surface area contributed by atoms with Gasteiger partial charge < -0.3 is 20.5 Å². The maximum absolute atomic E-state index is 13.4. The highest BCUT2D eigenvalue weighted by atomic mass is 127. The molecule has 166 valence electrons. The summed E-state index contributed by atoms with van der Waals surface area (Å²) in [7, 11) is 0. The van der Waals surface area contributed by atoms with Crippen LogP contribution in [0.2, 0.25) is 0 Å². The smallest absolute Gasteiger partial charge is 0.416 e. The minimum atomic E-state index is -4.48. The van der Waals surface area contributed by atoms with E-state index < -0.39 is 11.7 Å². The van der Waals surface area contributed by atoms with Crippen LogP contribution in [-0.4, -0.2) is 56.4 Å². The summed E-state index contributed by atoms with van der Waals surface area (Å²) < 4.78 is 50.7. The summed E-state index contributed by atoms with van der Waals surface area (Å²) in [6.07, 6.45) is -3.82. The van der Waals surface area contributed by atoms with Crippen molar-refractivity contribution in [2.75, 3.05) is 39.4 Å². The molecule has 0 atom stereocenters. The molecule has 0 aliphatic carbocycles. The standard InChI is InChI=1S/C19H29F3N4O2.HI/c1-14(2)28-16-5-4-15(17(12-16)19(20,21)22)13-25-18(23)24-6-3-7-26-8-10-27-11-9-26;/h4-5,12,14H,3,6-11,13H2,1-2H3,(H3,23,24,25);1H. The van der Waals surface area contributed by atoms with E-state index in [4.69, 9.17) is 15.2 Å². The quantitative estimate of drug-likeness (QED) is 0.234. The number of morpholine rings is 1. The van der Waals surface area contributed by atoms with E-state index in [1.165, 1.54) is 12.1 Å². The Morgan fingerprint density at radius 2 is 2.00 bits per heavy atom. The highest BCUT2D eigenvalue weighted by molar-refractivity contribution is 14.0. The lowest BCUT2D eigenvalue weighted by Gasteiger charge is -2.26. The molecule has 0 radical (unpaired) electrons. The summed E-state index contributed by atoms with van der Waals surface area (Å²) >= 11 is 0. The second kappa shape index (κ2) is 12.4. The molecule has 1 aromatic rings. The van der Waals surface area contributed by atoms with Crippen molar-refractivity contribution in [3.63, 3.8) is 0 Å². The highest BCUT2D eigenvalue weighted by Gasteiger charge is 2.33. The molecule has 29 heavy (non-hydrogen) atoms. The molecule has 10 heteroatoms. The number of rotatable bonds is 8. The van der Waals surface area contributed by atoms with Gasteiger partial charge in [-0.05, 0) is 44.5 Å². The van der Waals surface area contributed by atoms with Gasteiger partial charge in [0.25, 0.3) is 0 Å². The first-order valence-corrected chi connectivity index (χ1v) is 9.46. The zero-order valence-corrected chi connectivity index (χ0v) is 19.1. The van der Waals surface area contributed by atoms with Gasteiger partial charge in [-0.3, -0.25) is 4.90 Å². The number of alkyl halides is 3. The maximum Gasteiger partial charge on any atom is 0.416 e. The van der Waals surface area contributed by atoms with Crippen molar-refractivity contribution in [3.8, 4) is 5.75 Å². The largest absolute Gasteiger partial charge is 0.491 e. The Hall–Kier alpha value is -1.27. The molecule has 0 saturated carbocycles. The zero-order valence-electron chi connectivity index (χ0n) is 16.8. The number of halogens is 4. The molecular weight excluding hydrogens is 500 g/mol. The fraction of sp³-hybridized carbons (Fsp3) is 0.632. The average molecular weight is 530 g/mol. The van der Waals surface area contributed by atoms with E-state index in [9.17, 15) is 13.2 Å². The van der Waals surface area contributed by atoms with Crippen molar-refractivity contribution in [3.05, 3.63) is 29.3 Å². The molecule has 0 amide bonds. The first-order chi connectivity index (χ1) is 13.3. The third-order valence-corrected chi connectivity index (χ3v) is 4.24. The Morgan fingerprint density at radius 3 is 2.62 bits per heavy atom. The molecule has 1 aliphatic rings. The molecule has 0 spiro atoms. The van der Waals surface area contributed by atoms with Crippen molar-refractivity contribution >= 4 is 29.9 Å². The molecule has 3 N–H and O–H groups in total. The number of hydrogen-bond acceptors (Lipinski definition) is 4. The lowest BCUT2D eigenvalue weighted by Crippen LogP contribution is -2.39. The molecule has 1 aliphatic heterocycles. The molecule has 0 aromatic heterocycles. The summed E-state index contributed by atoms with van der Waals surface area (Å²) in [5, 5.41) is 2.95. The fourth-order valence-electron chi connectivity index (χ4n) is 2.87. The molecule has 0 unspecified atom stereocenters. The van der Waals surface area contributed by atoms with E-state index >= 15 is 0 Å². The molecule has 1 saturated heterocycles. The van der Waals surface area contributed by atoms with Gasteiger partial charge in [0, 0.05) is 19.6 Å². The molecule has 1 heterocycles. The van der Waals surface area contributed by atoms with E-state index in [-0.39, 0.29) is 53.9 Å². The van der Waals surface area contributed by atoms with Crippen LogP contribution in [0.15, 0.2) is 23.2 Å². The second-order valence-corrected chi connectivity index (χ2v) is 6.92. The van der Waals surface area contributed by atoms with Gasteiger partial charge in [-0.25, -0.2) is 4.99 Å². The third-order valence-electron chi connectivity index (χ3n) is 4.24. The predicted octanol–water partition coefficient (Wildman–Crippen LogP) is 3.24. The number of aliphatic imine (C=N–C) groups is 1. The van der Waals surface area contributed by atoms with Crippen LogP contribution >= 0.6 is 24.0 Å². The van der Waals surface area contributed by atoms with E-state index in [1.54, 1.807) is 13.8 Å². The highest BCUT2D eigenvalue weighted by Crippen LogP contribution is 2.35. The lowest BCUT2D eigenvalue weighted by molar-refractivity contribution is -0.138. The lowest BCUT2D eigenvalue weighted by atomic mass is 10.1. The Morgan fingerprint density at radius 1 is 1.31 bits per heavy atom. The minimum Gasteiger partial charge on any atom is -0.491 e. The van der Waals surface area contributed by atoms with Gasteiger partial charge in [0.2, 0.25) is 0 Å². The number of ether oxygens (including phenoxy) is 2. The van der Waals surface area contributed by atoms with Crippen LogP contribution in [0.3, 0.4) is 0 Å². The third kappa shape index (κ3) is 9.39. The van der Waals surface area contributed by atoms with E-state index in [0.29, 0.717) is 6.54 Å². The molecule has 1 aromatic carbocycles. The summed E-state index contributed by atoms with van der Waals surface area (Å²) in [6, 6.07) is 3.92. The molecular formula is C19H30F3IN4O2. The van der Waals surface area contributed by atoms with Crippen molar-refractivity contribution in [1.82, 2.24) is 10.2 Å². The average Bonchev–Trinajstić information content (AvgIpc) is 2.64. The Balaban J connectivity index is 0.00000420. The maximum atomic E-state index is 13.4. The van der Waals surface area contributed by atoms with Crippen LogP contribution in [0, 0.1) is 0 Å². The van der Waals surface area contributed by atoms with Gasteiger partial charge in [0.1, 0.15) is 5.75 Å². The Labute approximate surface area is 187 Å². The topological polar surface area (TPSA) is 72.1 Å². The predicted molar refractivity (Wildman–Crippen MR) is 118 cm³/mol. The van der Waals surface area contributed by atoms with Crippen LogP contribution in [0.4, 0.5) is 13.2 Å². The minimum absolute atomic E-state index is 0. The van der Waals surface area contributed by atoms with Gasteiger partial charge in [0.15, 0.2) is 5.96 Å². The van der Waals surface area contributed by atoms with E-state index in [2.05, 4.69) is 15.2 Å². The summed E-state index contributed by atoms with van der Waals surface area (Å²) in [5.74, 6) is 0.321. The monoisotopic (exact) mass is 530 g/mol. The number of nitrogens with two attached hydrogens (primary N) is 1. The van der Waals surface area contributed by atoms with Crippen molar-refractivity contribution in [1.29, 1.82) is 0 Å². The summed E-state index contributed by atoms with van der Waals surface area (Å²) in [4.78, 5) is 6.35. The van der Waals surface area contributed by atoms with Crippen LogP contribution < -0.4 is 15.8 Å². The first kappa shape index (κ1) is 25.8. The van der Waals surface area contributed by atoms with Crippen molar-refractivity contribution in [2.24, 2.45) is 10.7 Å². The van der Waals surface area contributed by atoms with Gasteiger partial charge in [-0.2, -0.15) is 13.2 Å². The number of benzene rings is 1. The normalized spacial score (nSPS) is 15.9. The molecule has 0 bridgehead atoms. The van der Waals surface area contributed by atoms with Gasteiger partial charge in [-0.1, -0.05) is 6.07 Å². The van der Waals surface area contributed by atoms with Gasteiger partial charge in [-0.15, -0.1) is 24.0 Å².